The summed E-state index contributed by atoms with van der Waals surface area (Å²) in [5, 5.41) is 5.10. The molecular weight excluding hydrogens is 312 g/mol. The average molecular weight is 334 g/mol. The van der Waals surface area contributed by atoms with Crippen LogP contribution in [-0.2, 0) is 20.0 Å². The fourth-order valence-corrected chi connectivity index (χ4v) is 3.92. The van der Waals surface area contributed by atoms with E-state index >= 15 is 0 Å². The summed E-state index contributed by atoms with van der Waals surface area (Å²) >= 11 is 0. The number of primary sulfonamides is 1. The van der Waals surface area contributed by atoms with Crippen LogP contribution in [-0.4, -0.2) is 22.6 Å². The highest BCUT2D eigenvalue weighted by atomic mass is 32.2. The van der Waals surface area contributed by atoms with Gasteiger partial charge in [-0.3, -0.25) is 4.72 Å². The number of rotatable bonds is 5. The van der Waals surface area contributed by atoms with Gasteiger partial charge in [-0.25, -0.2) is 22.0 Å². The molecule has 0 saturated carbocycles. The van der Waals surface area contributed by atoms with Gasteiger partial charge in [-0.1, -0.05) is 26.8 Å². The van der Waals surface area contributed by atoms with Crippen LogP contribution >= 0.6 is 0 Å². The number of hydrogen-bond acceptors (Lipinski definition) is 4. The minimum absolute atomic E-state index is 0.0327. The van der Waals surface area contributed by atoms with Gasteiger partial charge in [0.1, 0.15) is 0 Å². The summed E-state index contributed by atoms with van der Waals surface area (Å²) in [5.74, 6) is -0.0327. The van der Waals surface area contributed by atoms with Crippen molar-refractivity contribution in [2.24, 2.45) is 10.6 Å². The molecule has 1 aromatic carbocycles. The first kappa shape index (κ1) is 17.9. The lowest BCUT2D eigenvalue weighted by atomic mass is 9.94. The van der Waals surface area contributed by atoms with Gasteiger partial charge in [0.25, 0.3) is 0 Å². The fraction of sp³-hybridized carbons (Fsp3) is 0.538. The third-order valence-electron chi connectivity index (χ3n) is 2.89. The standard InChI is InChI=1S/C13H22N2O4S2/c1-10-5-6-11(9-12(10)21(14,18)19)15-20(16,17)8-7-13(2,3)4/h5-6,9,15H,7-8H2,1-4H3,(H2,14,18,19). The van der Waals surface area contributed by atoms with E-state index in [2.05, 4.69) is 4.72 Å². The Kier molecular flexibility index (Phi) is 5.07. The predicted octanol–water partition coefficient (Wildman–Crippen LogP) is 1.82. The van der Waals surface area contributed by atoms with Gasteiger partial charge in [0, 0.05) is 5.69 Å². The van der Waals surface area contributed by atoms with Crippen LogP contribution in [0.25, 0.3) is 0 Å². The summed E-state index contributed by atoms with van der Waals surface area (Å²) in [4.78, 5) is -0.0847. The number of nitrogens with two attached hydrogens (primary N) is 1. The molecule has 21 heavy (non-hydrogen) atoms. The first-order valence-electron chi connectivity index (χ1n) is 6.44. The Labute approximate surface area is 126 Å². The first-order valence-corrected chi connectivity index (χ1v) is 9.64. The minimum Gasteiger partial charge on any atom is -0.284 e. The van der Waals surface area contributed by atoms with Crippen LogP contribution < -0.4 is 9.86 Å². The molecule has 1 rings (SSSR count). The van der Waals surface area contributed by atoms with Crippen LogP contribution in [0.1, 0.15) is 32.8 Å². The summed E-state index contributed by atoms with van der Waals surface area (Å²) in [6.07, 6.45) is 0.496. The van der Waals surface area contributed by atoms with Gasteiger partial charge in [0.15, 0.2) is 0 Å². The first-order chi connectivity index (χ1) is 9.30. The molecule has 0 spiro atoms. The van der Waals surface area contributed by atoms with E-state index in [0.717, 1.165) is 0 Å². The molecule has 8 heteroatoms. The molecule has 0 fully saturated rings. The van der Waals surface area contributed by atoms with E-state index in [1.54, 1.807) is 6.92 Å². The molecule has 6 nitrogen and oxygen atoms in total. The summed E-state index contributed by atoms with van der Waals surface area (Å²) in [6.45, 7) is 7.45. The summed E-state index contributed by atoms with van der Waals surface area (Å²) in [5.41, 5.74) is 0.557. The molecule has 3 N–H and O–H groups in total. The van der Waals surface area contributed by atoms with Crippen molar-refractivity contribution in [3.8, 4) is 0 Å². The Morgan fingerprint density at radius 2 is 1.71 bits per heavy atom. The van der Waals surface area contributed by atoms with Crippen LogP contribution in [0, 0.1) is 12.3 Å². The SMILES string of the molecule is Cc1ccc(NS(=O)(=O)CCC(C)(C)C)cc1S(N)(=O)=O. The number of hydrogen-bond donors (Lipinski definition) is 2. The normalized spacial score (nSPS) is 13.2. The van der Waals surface area contributed by atoms with Crippen molar-refractivity contribution in [3.05, 3.63) is 23.8 Å². The molecule has 0 heterocycles. The molecule has 0 unspecified atom stereocenters. The Bertz CT molecular complexity index is 717. The Hall–Kier alpha value is -1.12. The summed E-state index contributed by atoms with van der Waals surface area (Å²) < 4.78 is 49.2. The summed E-state index contributed by atoms with van der Waals surface area (Å²) in [7, 11) is -7.41. The second-order valence-electron chi connectivity index (χ2n) is 6.26. The monoisotopic (exact) mass is 334 g/mol. The topological polar surface area (TPSA) is 106 Å². The third-order valence-corrected chi connectivity index (χ3v) is 5.23. The van der Waals surface area contributed by atoms with E-state index in [4.69, 9.17) is 5.14 Å². The van der Waals surface area contributed by atoms with Crippen molar-refractivity contribution < 1.29 is 16.8 Å². The van der Waals surface area contributed by atoms with Crippen molar-refractivity contribution in [3.63, 3.8) is 0 Å². The largest absolute Gasteiger partial charge is 0.284 e. The van der Waals surface area contributed by atoms with Gasteiger partial charge in [-0.15, -0.1) is 0 Å². The van der Waals surface area contributed by atoms with Gasteiger partial charge in [0.05, 0.1) is 10.6 Å². The molecule has 0 aliphatic carbocycles. The van der Waals surface area contributed by atoms with E-state index < -0.39 is 20.0 Å². The average Bonchev–Trinajstić information content (AvgIpc) is 2.27. The van der Waals surface area contributed by atoms with Crippen molar-refractivity contribution >= 4 is 25.7 Å². The lowest BCUT2D eigenvalue weighted by molar-refractivity contribution is 0.397. The predicted molar refractivity (Wildman–Crippen MR) is 84.0 cm³/mol. The molecule has 0 aromatic heterocycles. The molecule has 1 aromatic rings. The number of aryl methyl sites for hydroxylation is 1. The lowest BCUT2D eigenvalue weighted by Crippen LogP contribution is -2.21. The van der Waals surface area contributed by atoms with Crippen molar-refractivity contribution in [2.45, 2.75) is 39.0 Å². The Balaban J connectivity index is 2.99. The molecule has 0 radical (unpaired) electrons. The number of nitrogens with one attached hydrogen (secondary N) is 1. The van der Waals surface area contributed by atoms with Gasteiger partial charge in [-0.05, 0) is 36.5 Å². The summed E-state index contributed by atoms with van der Waals surface area (Å²) in [6, 6.07) is 4.26. The highest BCUT2D eigenvalue weighted by Crippen LogP contribution is 2.22. The smallest absolute Gasteiger partial charge is 0.238 e. The van der Waals surface area contributed by atoms with Gasteiger partial charge < -0.3 is 0 Å². The van der Waals surface area contributed by atoms with Gasteiger partial charge in [0.2, 0.25) is 20.0 Å². The Morgan fingerprint density at radius 1 is 1.14 bits per heavy atom. The van der Waals surface area contributed by atoms with Crippen LogP contribution in [0.2, 0.25) is 0 Å². The number of sulfonamides is 2. The fourth-order valence-electron chi connectivity index (χ4n) is 1.64. The maximum atomic E-state index is 12.0. The maximum Gasteiger partial charge on any atom is 0.238 e. The number of anilines is 1. The van der Waals surface area contributed by atoms with E-state index in [1.807, 2.05) is 20.8 Å². The molecular formula is C13H22N2O4S2. The molecule has 0 amide bonds. The van der Waals surface area contributed by atoms with Crippen LogP contribution in [0.15, 0.2) is 23.1 Å². The van der Waals surface area contributed by atoms with E-state index in [-0.39, 0.29) is 21.8 Å². The second kappa shape index (κ2) is 5.94. The number of benzene rings is 1. The molecule has 0 atom stereocenters. The van der Waals surface area contributed by atoms with Crippen LogP contribution in [0.4, 0.5) is 5.69 Å². The molecule has 0 aliphatic rings. The highest BCUT2D eigenvalue weighted by Gasteiger charge is 2.19. The van der Waals surface area contributed by atoms with E-state index in [9.17, 15) is 16.8 Å². The van der Waals surface area contributed by atoms with Crippen LogP contribution in [0.5, 0.6) is 0 Å². The second-order valence-corrected chi connectivity index (χ2v) is 9.63. The molecule has 120 valence electrons. The van der Waals surface area contributed by atoms with E-state index in [1.165, 1.54) is 18.2 Å². The van der Waals surface area contributed by atoms with Crippen molar-refractivity contribution in [1.82, 2.24) is 0 Å². The zero-order chi connectivity index (χ0) is 16.5. The van der Waals surface area contributed by atoms with E-state index in [0.29, 0.717) is 12.0 Å². The quantitative estimate of drug-likeness (QED) is 0.856. The van der Waals surface area contributed by atoms with Crippen molar-refractivity contribution in [1.29, 1.82) is 0 Å². The maximum absolute atomic E-state index is 12.0. The zero-order valence-electron chi connectivity index (χ0n) is 12.7. The van der Waals surface area contributed by atoms with Crippen LogP contribution in [0.3, 0.4) is 0 Å². The molecule has 0 aliphatic heterocycles. The third kappa shape index (κ3) is 6.03. The van der Waals surface area contributed by atoms with Gasteiger partial charge in [-0.2, -0.15) is 0 Å². The molecule has 0 bridgehead atoms. The lowest BCUT2D eigenvalue weighted by Gasteiger charge is -2.18. The zero-order valence-corrected chi connectivity index (χ0v) is 14.3. The highest BCUT2D eigenvalue weighted by molar-refractivity contribution is 7.92. The molecule has 0 saturated heterocycles. The Morgan fingerprint density at radius 3 is 2.19 bits per heavy atom. The van der Waals surface area contributed by atoms with Gasteiger partial charge >= 0.3 is 0 Å². The minimum atomic E-state index is -3.88. The van der Waals surface area contributed by atoms with Crippen molar-refractivity contribution in [2.75, 3.05) is 10.5 Å².